The molecule has 3 nitrogen and oxygen atoms in total. The Bertz CT molecular complexity index is 334. The Morgan fingerprint density at radius 1 is 1.00 bits per heavy atom. The molecule has 0 aromatic heterocycles. The van der Waals surface area contributed by atoms with Crippen LogP contribution in [0.4, 0.5) is 0 Å². The van der Waals surface area contributed by atoms with Gasteiger partial charge in [-0.1, -0.05) is 0 Å². The predicted molar refractivity (Wildman–Crippen MR) is 74.6 cm³/mol. The Labute approximate surface area is 115 Å². The Hall–Kier alpha value is -0.570. The van der Waals surface area contributed by atoms with E-state index in [1.165, 1.54) is 38.5 Å². The molecule has 0 unspecified atom stereocenters. The predicted octanol–water partition coefficient (Wildman–Crippen LogP) is 1.93. The number of hydrogen-bond acceptors (Lipinski definition) is 2. The zero-order valence-electron chi connectivity index (χ0n) is 11.7. The van der Waals surface area contributed by atoms with Gasteiger partial charge < -0.3 is 10.6 Å². The van der Waals surface area contributed by atoms with Crippen molar-refractivity contribution >= 4 is 5.91 Å². The molecule has 5 fully saturated rings. The summed E-state index contributed by atoms with van der Waals surface area (Å²) < 4.78 is 0. The van der Waals surface area contributed by atoms with Crippen LogP contribution < -0.4 is 10.6 Å². The van der Waals surface area contributed by atoms with E-state index in [4.69, 9.17) is 0 Å². The van der Waals surface area contributed by atoms with E-state index in [0.717, 1.165) is 31.3 Å². The van der Waals surface area contributed by atoms with Crippen LogP contribution in [0.5, 0.6) is 0 Å². The summed E-state index contributed by atoms with van der Waals surface area (Å²) in [5, 5.41) is 6.74. The first-order valence-corrected chi connectivity index (χ1v) is 8.30. The molecule has 4 saturated carbocycles. The molecular formula is C16H26N2O. The van der Waals surface area contributed by atoms with Gasteiger partial charge in [-0.05, 0) is 75.2 Å². The summed E-state index contributed by atoms with van der Waals surface area (Å²) in [6.07, 6.45) is 9.19. The first-order chi connectivity index (χ1) is 9.29. The lowest BCUT2D eigenvalue weighted by atomic mass is 9.51. The van der Waals surface area contributed by atoms with Crippen LogP contribution in [-0.2, 0) is 4.79 Å². The smallest absolute Gasteiger partial charge is 0.223 e. The van der Waals surface area contributed by atoms with Crippen molar-refractivity contribution in [1.82, 2.24) is 10.6 Å². The standard InChI is InChI=1S/C16H26N2O/c19-16(18-14-2-1-3-17-9-14)15-12-5-10-4-11(7-12)8-13(15)6-10/h10-15,17H,1-9H2,(H,18,19)/t10?,11?,12?,13?,14-,15?/m1/s1. The number of hydrogen-bond donors (Lipinski definition) is 2. The molecule has 106 valence electrons. The van der Waals surface area contributed by atoms with Crippen molar-refractivity contribution < 1.29 is 4.79 Å². The Balaban J connectivity index is 1.42. The molecule has 0 radical (unpaired) electrons. The second-order valence-electron chi connectivity index (χ2n) is 7.51. The summed E-state index contributed by atoms with van der Waals surface area (Å²) in [5.41, 5.74) is 0. The summed E-state index contributed by atoms with van der Waals surface area (Å²) in [4.78, 5) is 12.7. The van der Waals surface area contributed by atoms with Crippen LogP contribution in [0.1, 0.15) is 44.9 Å². The van der Waals surface area contributed by atoms with Crippen molar-refractivity contribution in [1.29, 1.82) is 0 Å². The molecule has 0 spiro atoms. The molecule has 1 amide bonds. The van der Waals surface area contributed by atoms with E-state index in [-0.39, 0.29) is 0 Å². The van der Waals surface area contributed by atoms with Crippen LogP contribution in [0.3, 0.4) is 0 Å². The highest BCUT2D eigenvalue weighted by atomic mass is 16.2. The van der Waals surface area contributed by atoms with Gasteiger partial charge in [0.1, 0.15) is 0 Å². The molecule has 1 aliphatic heterocycles. The van der Waals surface area contributed by atoms with Crippen molar-refractivity contribution in [2.24, 2.45) is 29.6 Å². The first kappa shape index (κ1) is 12.2. The van der Waals surface area contributed by atoms with Gasteiger partial charge in [0, 0.05) is 18.5 Å². The largest absolute Gasteiger partial charge is 0.352 e. The number of amides is 1. The lowest BCUT2D eigenvalue weighted by molar-refractivity contribution is -0.139. The van der Waals surface area contributed by atoms with Crippen molar-refractivity contribution in [3.8, 4) is 0 Å². The maximum atomic E-state index is 12.7. The molecule has 0 aromatic rings. The zero-order chi connectivity index (χ0) is 12.8. The Kier molecular flexibility index (Phi) is 3.06. The van der Waals surface area contributed by atoms with Crippen LogP contribution in [0.15, 0.2) is 0 Å². The van der Waals surface area contributed by atoms with Gasteiger partial charge in [-0.15, -0.1) is 0 Å². The fourth-order valence-electron chi connectivity index (χ4n) is 5.63. The zero-order valence-corrected chi connectivity index (χ0v) is 11.7. The van der Waals surface area contributed by atoms with Gasteiger partial charge in [-0.3, -0.25) is 4.79 Å². The van der Waals surface area contributed by atoms with Crippen LogP contribution in [0.25, 0.3) is 0 Å². The second kappa shape index (κ2) is 4.76. The molecule has 5 rings (SSSR count). The molecule has 2 N–H and O–H groups in total. The van der Waals surface area contributed by atoms with E-state index in [9.17, 15) is 4.79 Å². The molecule has 0 aromatic carbocycles. The Morgan fingerprint density at radius 3 is 2.26 bits per heavy atom. The fourth-order valence-corrected chi connectivity index (χ4v) is 5.63. The molecule has 1 saturated heterocycles. The third-order valence-electron chi connectivity index (χ3n) is 6.17. The van der Waals surface area contributed by atoms with Gasteiger partial charge >= 0.3 is 0 Å². The average molecular weight is 262 g/mol. The third-order valence-corrected chi connectivity index (χ3v) is 6.17. The van der Waals surface area contributed by atoms with E-state index >= 15 is 0 Å². The fraction of sp³-hybridized carbons (Fsp3) is 0.938. The molecule has 3 heteroatoms. The SMILES string of the molecule is O=C(N[C@@H]1CCCNC1)C1C2CC3CC(C2)CC1C3. The number of nitrogens with one attached hydrogen (secondary N) is 2. The molecule has 4 bridgehead atoms. The van der Waals surface area contributed by atoms with Crippen molar-refractivity contribution in [3.05, 3.63) is 0 Å². The first-order valence-electron chi connectivity index (χ1n) is 8.30. The van der Waals surface area contributed by atoms with Crippen molar-refractivity contribution in [2.75, 3.05) is 13.1 Å². The number of piperidine rings is 1. The lowest BCUT2D eigenvalue weighted by Gasteiger charge is -2.53. The van der Waals surface area contributed by atoms with E-state index in [1.807, 2.05) is 0 Å². The van der Waals surface area contributed by atoms with E-state index in [1.54, 1.807) is 0 Å². The minimum absolute atomic E-state index is 0.356. The topological polar surface area (TPSA) is 41.1 Å². The summed E-state index contributed by atoms with van der Waals surface area (Å²) in [6.45, 7) is 2.09. The molecule has 5 aliphatic rings. The quantitative estimate of drug-likeness (QED) is 0.798. The molecule has 1 atom stereocenters. The van der Waals surface area contributed by atoms with E-state index in [2.05, 4.69) is 10.6 Å². The van der Waals surface area contributed by atoms with Gasteiger partial charge in [-0.25, -0.2) is 0 Å². The van der Waals surface area contributed by atoms with Crippen molar-refractivity contribution in [2.45, 2.75) is 51.0 Å². The summed E-state index contributed by atoms with van der Waals surface area (Å²) in [5.74, 6) is 4.10. The molecule has 19 heavy (non-hydrogen) atoms. The molecule has 4 aliphatic carbocycles. The van der Waals surface area contributed by atoms with Crippen LogP contribution in [0, 0.1) is 29.6 Å². The highest BCUT2D eigenvalue weighted by Gasteiger charge is 2.50. The lowest BCUT2D eigenvalue weighted by Crippen LogP contribution is -2.54. The van der Waals surface area contributed by atoms with Crippen molar-refractivity contribution in [3.63, 3.8) is 0 Å². The summed E-state index contributed by atoms with van der Waals surface area (Å²) >= 11 is 0. The van der Waals surface area contributed by atoms with Gasteiger partial charge in [0.2, 0.25) is 5.91 Å². The molecular weight excluding hydrogens is 236 g/mol. The van der Waals surface area contributed by atoms with Gasteiger partial charge in [0.15, 0.2) is 0 Å². The van der Waals surface area contributed by atoms with E-state index in [0.29, 0.717) is 29.7 Å². The maximum Gasteiger partial charge on any atom is 0.223 e. The van der Waals surface area contributed by atoms with Gasteiger partial charge in [0.25, 0.3) is 0 Å². The van der Waals surface area contributed by atoms with E-state index < -0.39 is 0 Å². The maximum absolute atomic E-state index is 12.7. The number of carbonyl (C=O) groups excluding carboxylic acids is 1. The number of rotatable bonds is 2. The highest BCUT2D eigenvalue weighted by Crippen LogP contribution is 2.56. The summed E-state index contributed by atoms with van der Waals surface area (Å²) in [7, 11) is 0. The van der Waals surface area contributed by atoms with Crippen LogP contribution in [0.2, 0.25) is 0 Å². The summed E-state index contributed by atoms with van der Waals surface area (Å²) in [6, 6.07) is 0.387. The van der Waals surface area contributed by atoms with Crippen LogP contribution >= 0.6 is 0 Å². The van der Waals surface area contributed by atoms with Crippen LogP contribution in [-0.4, -0.2) is 25.0 Å². The van der Waals surface area contributed by atoms with Gasteiger partial charge in [0.05, 0.1) is 0 Å². The third kappa shape index (κ3) is 2.20. The highest BCUT2D eigenvalue weighted by molar-refractivity contribution is 5.80. The Morgan fingerprint density at radius 2 is 1.68 bits per heavy atom. The average Bonchev–Trinajstić information content (AvgIpc) is 2.38. The second-order valence-corrected chi connectivity index (χ2v) is 7.51. The minimum atomic E-state index is 0.356. The normalized spacial score (nSPS) is 48.2. The molecule has 1 heterocycles. The number of carbonyl (C=O) groups is 1. The van der Waals surface area contributed by atoms with Gasteiger partial charge in [-0.2, -0.15) is 0 Å². The minimum Gasteiger partial charge on any atom is -0.352 e. The monoisotopic (exact) mass is 262 g/mol.